The zero-order valence-electron chi connectivity index (χ0n) is 15.5. The molecule has 3 amide bonds. The second-order valence-corrected chi connectivity index (χ2v) is 8.18. The molecule has 152 valence electrons. The number of hydrogen-bond donors (Lipinski definition) is 3. The second kappa shape index (κ2) is 8.64. The Morgan fingerprint density at radius 3 is 2.50 bits per heavy atom. The van der Waals surface area contributed by atoms with Gasteiger partial charge in [-0.3, -0.25) is 14.4 Å². The number of carbonyl (C=O) groups excluding carboxylic acids is 3. The predicted molar refractivity (Wildman–Crippen MR) is 116 cm³/mol. The fourth-order valence-electron chi connectivity index (χ4n) is 2.87. The highest BCUT2D eigenvalue weighted by Crippen LogP contribution is 2.38. The Balaban J connectivity index is 1.33. The third kappa shape index (κ3) is 4.67. The summed E-state index contributed by atoms with van der Waals surface area (Å²) < 4.78 is 5.04. The van der Waals surface area contributed by atoms with Crippen LogP contribution in [0.25, 0.3) is 0 Å². The maximum atomic E-state index is 12.4. The molecule has 2 heterocycles. The fraction of sp³-hybridized carbons (Fsp3) is 0.0952. The lowest BCUT2D eigenvalue weighted by Gasteiger charge is -2.23. The molecule has 1 aromatic heterocycles. The molecule has 1 unspecified atom stereocenters. The third-order valence-corrected chi connectivity index (χ3v) is 5.81. The molecular formula is C21H16ClN3O4S. The molecule has 0 aliphatic carbocycles. The number of carbonyl (C=O) groups is 3. The van der Waals surface area contributed by atoms with Crippen molar-refractivity contribution >= 4 is 58.1 Å². The molecule has 30 heavy (non-hydrogen) atoms. The Morgan fingerprint density at radius 1 is 1.07 bits per heavy atom. The lowest BCUT2D eigenvalue weighted by atomic mass is 10.2. The number of benzene rings is 2. The van der Waals surface area contributed by atoms with Crippen molar-refractivity contribution in [3.05, 3.63) is 71.6 Å². The van der Waals surface area contributed by atoms with Crippen molar-refractivity contribution in [2.24, 2.45) is 0 Å². The minimum atomic E-state index is -0.537. The van der Waals surface area contributed by atoms with Gasteiger partial charge in [-0.25, -0.2) is 0 Å². The molecule has 1 atom stereocenters. The van der Waals surface area contributed by atoms with E-state index in [2.05, 4.69) is 16.0 Å². The Bertz CT molecular complexity index is 1100. The number of furan rings is 1. The van der Waals surface area contributed by atoms with Gasteiger partial charge >= 0.3 is 0 Å². The van der Waals surface area contributed by atoms with E-state index in [1.807, 2.05) is 6.07 Å². The Kier molecular flexibility index (Phi) is 5.78. The maximum absolute atomic E-state index is 12.4. The van der Waals surface area contributed by atoms with Gasteiger partial charge in [0.25, 0.3) is 5.91 Å². The predicted octanol–water partition coefficient (Wildman–Crippen LogP) is 4.63. The molecule has 0 radical (unpaired) electrons. The van der Waals surface area contributed by atoms with Crippen LogP contribution in [0.15, 0.2) is 70.2 Å². The van der Waals surface area contributed by atoms with Crippen molar-refractivity contribution in [1.29, 1.82) is 0 Å². The van der Waals surface area contributed by atoms with Crippen molar-refractivity contribution in [3.63, 3.8) is 0 Å². The van der Waals surface area contributed by atoms with Gasteiger partial charge in [0, 0.05) is 27.7 Å². The number of fused-ring (bicyclic) bond motifs is 1. The molecule has 0 spiro atoms. The molecule has 3 aromatic rings. The smallest absolute Gasteiger partial charge is 0.291 e. The molecule has 1 aliphatic heterocycles. The minimum Gasteiger partial charge on any atom is -0.459 e. The largest absolute Gasteiger partial charge is 0.459 e. The first-order chi connectivity index (χ1) is 14.5. The number of nitrogens with one attached hydrogen (secondary N) is 3. The van der Waals surface area contributed by atoms with Gasteiger partial charge in [-0.05, 0) is 54.6 Å². The van der Waals surface area contributed by atoms with Gasteiger partial charge in [-0.2, -0.15) is 0 Å². The summed E-state index contributed by atoms with van der Waals surface area (Å²) >= 11 is 7.28. The molecule has 0 saturated heterocycles. The van der Waals surface area contributed by atoms with Crippen molar-refractivity contribution in [2.75, 3.05) is 16.0 Å². The monoisotopic (exact) mass is 441 g/mol. The van der Waals surface area contributed by atoms with Crippen molar-refractivity contribution in [3.8, 4) is 0 Å². The maximum Gasteiger partial charge on any atom is 0.291 e. The van der Waals surface area contributed by atoms with Crippen LogP contribution in [0.4, 0.5) is 17.1 Å². The average molecular weight is 442 g/mol. The van der Waals surface area contributed by atoms with Gasteiger partial charge in [0.2, 0.25) is 11.8 Å². The van der Waals surface area contributed by atoms with Gasteiger partial charge in [0.15, 0.2) is 5.76 Å². The van der Waals surface area contributed by atoms with Crippen LogP contribution in [0.3, 0.4) is 0 Å². The highest BCUT2D eigenvalue weighted by molar-refractivity contribution is 8.01. The summed E-state index contributed by atoms with van der Waals surface area (Å²) in [7, 11) is 0. The Morgan fingerprint density at radius 2 is 1.80 bits per heavy atom. The average Bonchev–Trinajstić information content (AvgIpc) is 3.25. The van der Waals surface area contributed by atoms with Crippen LogP contribution in [0.5, 0.6) is 0 Å². The summed E-state index contributed by atoms with van der Waals surface area (Å²) in [4.78, 5) is 37.5. The van der Waals surface area contributed by atoms with E-state index in [1.54, 1.807) is 48.5 Å². The number of anilines is 3. The summed E-state index contributed by atoms with van der Waals surface area (Å²) in [6.07, 6.45) is 1.45. The molecule has 3 N–H and O–H groups in total. The van der Waals surface area contributed by atoms with Gasteiger partial charge in [0.1, 0.15) is 0 Å². The van der Waals surface area contributed by atoms with Crippen molar-refractivity contribution in [1.82, 2.24) is 0 Å². The summed E-state index contributed by atoms with van der Waals surface area (Å²) in [5, 5.41) is 8.25. The molecule has 2 aromatic carbocycles. The van der Waals surface area contributed by atoms with E-state index in [9.17, 15) is 14.4 Å². The third-order valence-electron chi connectivity index (χ3n) is 4.30. The SMILES string of the molecule is O=C(CC1Sc2ccc(Cl)cc2NC1=O)Nc1ccc(NC(=O)c2ccco2)cc1. The van der Waals surface area contributed by atoms with Gasteiger partial charge in [-0.15, -0.1) is 11.8 Å². The molecule has 1 aliphatic rings. The number of rotatable bonds is 5. The normalized spacial score (nSPS) is 15.1. The van der Waals surface area contributed by atoms with Crippen LogP contribution < -0.4 is 16.0 Å². The fourth-order valence-corrected chi connectivity index (χ4v) is 4.14. The second-order valence-electron chi connectivity index (χ2n) is 6.50. The van der Waals surface area contributed by atoms with Gasteiger partial charge < -0.3 is 20.4 Å². The highest BCUT2D eigenvalue weighted by atomic mass is 35.5. The molecule has 4 rings (SSSR count). The van der Waals surface area contributed by atoms with E-state index in [4.69, 9.17) is 16.0 Å². The lowest BCUT2D eigenvalue weighted by Crippen LogP contribution is -2.32. The Hall–Kier alpha value is -3.23. The first-order valence-corrected chi connectivity index (χ1v) is 10.3. The zero-order valence-corrected chi connectivity index (χ0v) is 17.0. The first kappa shape index (κ1) is 20.1. The summed E-state index contributed by atoms with van der Waals surface area (Å²) in [5.74, 6) is -0.675. The minimum absolute atomic E-state index is 0.0234. The van der Waals surface area contributed by atoms with Crippen LogP contribution in [-0.2, 0) is 9.59 Å². The molecule has 0 saturated carbocycles. The quantitative estimate of drug-likeness (QED) is 0.536. The van der Waals surface area contributed by atoms with Crippen LogP contribution in [-0.4, -0.2) is 23.0 Å². The van der Waals surface area contributed by atoms with Crippen molar-refractivity contribution < 1.29 is 18.8 Å². The van der Waals surface area contributed by atoms with Gasteiger partial charge in [-0.1, -0.05) is 11.6 Å². The van der Waals surface area contributed by atoms with E-state index in [-0.39, 0.29) is 29.9 Å². The van der Waals surface area contributed by atoms with E-state index in [0.29, 0.717) is 22.1 Å². The Labute approximate surface area is 181 Å². The molecule has 7 nitrogen and oxygen atoms in total. The standard InChI is InChI=1S/C21H16ClN3O4S/c22-12-3-8-17-15(10-12)25-21(28)18(30-17)11-19(26)23-13-4-6-14(7-5-13)24-20(27)16-2-1-9-29-16/h1-10,18H,11H2,(H,23,26)(H,24,27)(H,25,28). The number of thioether (sulfide) groups is 1. The highest BCUT2D eigenvalue weighted by Gasteiger charge is 2.29. The van der Waals surface area contributed by atoms with E-state index >= 15 is 0 Å². The molecule has 0 fully saturated rings. The number of hydrogen-bond acceptors (Lipinski definition) is 5. The van der Waals surface area contributed by atoms with Gasteiger partial charge in [0.05, 0.1) is 17.2 Å². The summed E-state index contributed by atoms with van der Waals surface area (Å²) in [6.45, 7) is 0. The van der Waals surface area contributed by atoms with E-state index in [1.165, 1.54) is 18.0 Å². The van der Waals surface area contributed by atoms with Crippen LogP contribution >= 0.6 is 23.4 Å². The zero-order chi connectivity index (χ0) is 21.1. The summed E-state index contributed by atoms with van der Waals surface area (Å²) in [5.41, 5.74) is 1.78. The van der Waals surface area contributed by atoms with E-state index < -0.39 is 5.25 Å². The van der Waals surface area contributed by atoms with E-state index in [0.717, 1.165) is 4.90 Å². The van der Waals surface area contributed by atoms with Crippen LogP contribution in [0.2, 0.25) is 5.02 Å². The topological polar surface area (TPSA) is 100 Å². The van der Waals surface area contributed by atoms with Crippen LogP contribution in [0.1, 0.15) is 17.0 Å². The number of amides is 3. The summed E-state index contributed by atoms with van der Waals surface area (Å²) in [6, 6.07) is 15.1. The number of halogens is 1. The first-order valence-electron chi connectivity index (χ1n) is 9.00. The lowest BCUT2D eigenvalue weighted by molar-refractivity contribution is -0.120. The van der Waals surface area contributed by atoms with Crippen LogP contribution in [0, 0.1) is 0 Å². The molecule has 9 heteroatoms. The molecular weight excluding hydrogens is 426 g/mol. The van der Waals surface area contributed by atoms with Crippen molar-refractivity contribution in [2.45, 2.75) is 16.6 Å². The molecule has 0 bridgehead atoms.